The molecule has 0 aliphatic heterocycles. The minimum atomic E-state index is -1.11. The Bertz CT molecular complexity index is 249. The van der Waals surface area contributed by atoms with E-state index in [1.165, 1.54) is 0 Å². The number of aliphatic hydroxyl groups excluding tert-OH is 1. The molecule has 0 saturated heterocycles. The predicted molar refractivity (Wildman–Crippen MR) is 71.4 cm³/mol. The molecule has 0 spiro atoms. The van der Waals surface area contributed by atoms with Crippen molar-refractivity contribution in [1.29, 1.82) is 0 Å². The molecule has 0 saturated carbocycles. The topological polar surface area (TPSA) is 33.4 Å². The number of hydrogen-bond donors (Lipinski definition) is 1. The second-order valence-electron chi connectivity index (χ2n) is 4.84. The molecule has 0 aromatic carbocycles. The molecule has 0 radical (unpaired) electrons. The molecular formula is C13H24O2SiTi. The van der Waals surface area contributed by atoms with Gasteiger partial charge in [0, 0.05) is 0 Å². The molecule has 1 N–H and O–H groups in total. The Morgan fingerprint density at radius 2 is 1.94 bits per heavy atom. The summed E-state index contributed by atoms with van der Waals surface area (Å²) < 4.78 is 5.04. The fraction of sp³-hybridized carbons (Fsp3) is 0.538. The summed E-state index contributed by atoms with van der Waals surface area (Å²) in [5, 5.41) is 9.45. The molecule has 4 heteroatoms. The predicted octanol–water partition coefficient (Wildman–Crippen LogP) is 3.94. The minimum Gasteiger partial charge on any atom is -0.467 e. The first-order chi connectivity index (χ1) is 7.34. The number of rotatable bonds is 4. The van der Waals surface area contributed by atoms with Crippen LogP contribution in [-0.4, -0.2) is 13.2 Å². The fourth-order valence-corrected chi connectivity index (χ4v) is 1.02. The smallest absolute Gasteiger partial charge is 0.467 e. The van der Waals surface area contributed by atoms with Gasteiger partial charge in [-0.15, -0.1) is 13.1 Å². The Morgan fingerprint density at radius 3 is 2.29 bits per heavy atom. The van der Waals surface area contributed by atoms with Crippen molar-refractivity contribution in [3.05, 3.63) is 37.3 Å². The van der Waals surface area contributed by atoms with Crippen molar-refractivity contribution in [2.75, 3.05) is 0 Å². The van der Waals surface area contributed by atoms with E-state index in [9.17, 15) is 5.11 Å². The molecule has 0 fully saturated rings. The maximum absolute atomic E-state index is 9.45. The van der Waals surface area contributed by atoms with Crippen LogP contribution >= 0.6 is 0 Å². The van der Waals surface area contributed by atoms with Crippen LogP contribution in [0.15, 0.2) is 22.8 Å². The first-order valence-corrected chi connectivity index (χ1v) is 9.18. The van der Waals surface area contributed by atoms with E-state index in [2.05, 4.69) is 33.1 Å². The third-order valence-electron chi connectivity index (χ3n) is 1.70. The van der Waals surface area contributed by atoms with Gasteiger partial charge < -0.3 is 22.6 Å². The molecule has 0 aliphatic carbocycles. The van der Waals surface area contributed by atoms with Crippen molar-refractivity contribution in [3.8, 4) is 0 Å². The zero-order chi connectivity index (χ0) is 12.6. The number of unbranched alkanes of at least 4 members (excludes halogenated alkanes) is 1. The average molecular weight is 288 g/mol. The van der Waals surface area contributed by atoms with E-state index in [0.717, 1.165) is 19.3 Å². The number of hydrogen-bond acceptors (Lipinski definition) is 2. The van der Waals surface area contributed by atoms with Crippen LogP contribution in [0.5, 0.6) is 0 Å². The van der Waals surface area contributed by atoms with Gasteiger partial charge in [0.05, 0.1) is 6.26 Å². The standard InChI is InChI=1S/C9H14O2.C4H10Si.Ti/c1-2-3-5-8(10)9-6-4-7-11-9;1-5(2,3)4;/h4,6-8,10H,2-3,5H2,1H3;1-2H2,3-4H3;/q;-2;+2. The molecule has 0 bridgehead atoms. The van der Waals surface area contributed by atoms with Crippen molar-refractivity contribution < 1.29 is 31.2 Å². The minimum absolute atomic E-state index is 0. The monoisotopic (exact) mass is 288 g/mol. The Balaban J connectivity index is 0. The van der Waals surface area contributed by atoms with Crippen LogP contribution in [0.1, 0.15) is 38.1 Å². The largest absolute Gasteiger partial charge is 2.00 e. The van der Waals surface area contributed by atoms with Gasteiger partial charge in [-0.25, -0.2) is 0 Å². The van der Waals surface area contributed by atoms with E-state index in [4.69, 9.17) is 4.42 Å². The maximum Gasteiger partial charge on any atom is 2.00 e. The first kappa shape index (κ1) is 19.5. The summed E-state index contributed by atoms with van der Waals surface area (Å²) in [5.74, 6) is 0.679. The van der Waals surface area contributed by atoms with Crippen LogP contribution in [0.2, 0.25) is 13.1 Å². The van der Waals surface area contributed by atoms with Gasteiger partial charge in [-0.2, -0.15) is 0 Å². The quantitative estimate of drug-likeness (QED) is 0.672. The molecule has 17 heavy (non-hydrogen) atoms. The van der Waals surface area contributed by atoms with Crippen LogP contribution in [0.3, 0.4) is 0 Å². The van der Waals surface area contributed by atoms with Crippen molar-refractivity contribution in [2.45, 2.75) is 45.4 Å². The Morgan fingerprint density at radius 1 is 1.41 bits per heavy atom. The van der Waals surface area contributed by atoms with Gasteiger partial charge in [-0.3, -0.25) is 8.07 Å². The van der Waals surface area contributed by atoms with Crippen molar-refractivity contribution in [3.63, 3.8) is 0 Å². The summed E-state index contributed by atoms with van der Waals surface area (Å²) in [6.07, 6.45) is 4.12. The van der Waals surface area contributed by atoms with Crippen LogP contribution in [0, 0.1) is 13.1 Å². The third-order valence-corrected chi connectivity index (χ3v) is 1.70. The van der Waals surface area contributed by atoms with Gasteiger partial charge in [0.2, 0.25) is 0 Å². The van der Waals surface area contributed by atoms with E-state index in [1.54, 1.807) is 18.4 Å². The molecular weight excluding hydrogens is 264 g/mol. The molecule has 1 aromatic rings. The van der Waals surface area contributed by atoms with Crippen LogP contribution in [0.4, 0.5) is 0 Å². The molecule has 0 aliphatic rings. The third kappa shape index (κ3) is 14.1. The Kier molecular flexibility index (Phi) is 11.6. The van der Waals surface area contributed by atoms with Gasteiger partial charge >= 0.3 is 21.7 Å². The van der Waals surface area contributed by atoms with Gasteiger partial charge in [-0.05, 0) is 18.6 Å². The number of furan rings is 1. The van der Waals surface area contributed by atoms with Crippen LogP contribution in [0.25, 0.3) is 0 Å². The van der Waals surface area contributed by atoms with Gasteiger partial charge in [-0.1, -0.05) is 19.8 Å². The van der Waals surface area contributed by atoms with Crippen LogP contribution in [-0.2, 0) is 21.7 Å². The molecule has 1 aromatic heterocycles. The molecule has 1 rings (SSSR count). The van der Waals surface area contributed by atoms with E-state index >= 15 is 0 Å². The van der Waals surface area contributed by atoms with Crippen LogP contribution < -0.4 is 0 Å². The molecule has 2 nitrogen and oxygen atoms in total. The van der Waals surface area contributed by atoms with Gasteiger partial charge in [0.1, 0.15) is 11.9 Å². The summed E-state index contributed by atoms with van der Waals surface area (Å²) in [5.41, 5.74) is 0. The molecule has 0 amide bonds. The SMILES string of the molecule is CCCCC(O)c1ccco1.[CH2-][Si]([CH2-])(C)C.[Ti+2]. The van der Waals surface area contributed by atoms with E-state index in [-0.39, 0.29) is 21.7 Å². The average Bonchev–Trinajstić information content (AvgIpc) is 2.64. The molecule has 96 valence electrons. The fourth-order valence-electron chi connectivity index (χ4n) is 1.02. The summed E-state index contributed by atoms with van der Waals surface area (Å²) in [6.45, 7) is 13.9. The normalized spacial score (nSPS) is 12.1. The number of aliphatic hydroxyl groups is 1. The summed E-state index contributed by atoms with van der Waals surface area (Å²) in [6, 6.07) is 3.60. The van der Waals surface area contributed by atoms with Crippen molar-refractivity contribution >= 4 is 8.07 Å². The van der Waals surface area contributed by atoms with Crippen molar-refractivity contribution in [2.24, 2.45) is 0 Å². The zero-order valence-electron chi connectivity index (χ0n) is 11.2. The van der Waals surface area contributed by atoms with E-state index < -0.39 is 14.2 Å². The van der Waals surface area contributed by atoms with E-state index in [0.29, 0.717) is 5.76 Å². The Hall–Kier alpha value is 0.171. The summed E-state index contributed by atoms with van der Waals surface area (Å²) in [7, 11) is -1.11. The second kappa shape index (κ2) is 10.1. The van der Waals surface area contributed by atoms with Gasteiger partial charge in [0.15, 0.2) is 0 Å². The molecule has 1 heterocycles. The zero-order valence-corrected chi connectivity index (χ0v) is 13.8. The second-order valence-corrected chi connectivity index (χ2v) is 9.17. The van der Waals surface area contributed by atoms with Crippen molar-refractivity contribution in [1.82, 2.24) is 0 Å². The maximum atomic E-state index is 9.45. The molecule has 1 atom stereocenters. The summed E-state index contributed by atoms with van der Waals surface area (Å²) >= 11 is 0. The van der Waals surface area contributed by atoms with Gasteiger partial charge in [0.25, 0.3) is 0 Å². The Labute approximate surface area is 122 Å². The first-order valence-electron chi connectivity index (χ1n) is 5.76. The van der Waals surface area contributed by atoms with E-state index in [1.807, 2.05) is 0 Å². The summed E-state index contributed by atoms with van der Waals surface area (Å²) in [4.78, 5) is 0. The molecule has 1 unspecified atom stereocenters.